The second-order valence-corrected chi connectivity index (χ2v) is 2.59. The lowest BCUT2D eigenvalue weighted by Crippen LogP contribution is -2.19. The third-order valence-electron chi connectivity index (χ3n) is 0.568. The van der Waals surface area contributed by atoms with E-state index < -0.39 is 5.06 Å². The summed E-state index contributed by atoms with van der Waals surface area (Å²) in [6.45, 7) is 5.00. The highest BCUT2D eigenvalue weighted by atomic mass is 35.5. The van der Waals surface area contributed by atoms with Gasteiger partial charge in [0, 0.05) is 0 Å². The van der Waals surface area contributed by atoms with Crippen LogP contribution in [0.15, 0.2) is 12.8 Å². The first-order valence-corrected chi connectivity index (χ1v) is 3.07. The van der Waals surface area contributed by atoms with Crippen molar-refractivity contribution in [3.8, 4) is 0 Å². The third kappa shape index (κ3) is 3.16. The van der Waals surface area contributed by atoms with Crippen molar-refractivity contribution in [2.45, 2.75) is 12.0 Å². The molecule has 0 fully saturated rings. The lowest BCUT2D eigenvalue weighted by molar-refractivity contribution is 0.143. The van der Waals surface area contributed by atoms with Gasteiger partial charge in [-0.1, -0.05) is 18.2 Å². The minimum absolute atomic E-state index is 0.251. The van der Waals surface area contributed by atoms with E-state index in [1.807, 2.05) is 0 Å². The first-order chi connectivity index (χ1) is 3.62. The molecule has 0 aliphatic heterocycles. The van der Waals surface area contributed by atoms with E-state index in [4.69, 9.17) is 27.9 Å². The fourth-order valence-electron chi connectivity index (χ4n) is 0.205. The smallest absolute Gasteiger partial charge is 0.192 e. The summed E-state index contributed by atoms with van der Waals surface area (Å²) in [5.74, 6) is 0.251. The van der Waals surface area contributed by atoms with Gasteiger partial charge in [0.2, 0.25) is 0 Å². The van der Waals surface area contributed by atoms with Crippen LogP contribution in [0.5, 0.6) is 0 Å². The van der Waals surface area contributed by atoms with E-state index in [1.54, 1.807) is 6.92 Å². The Morgan fingerprint density at radius 2 is 2.38 bits per heavy atom. The fraction of sp³-hybridized carbons (Fsp3) is 0.600. The van der Waals surface area contributed by atoms with Crippen LogP contribution in [0.3, 0.4) is 0 Å². The Kier molecular flexibility index (Phi) is 3.25. The van der Waals surface area contributed by atoms with E-state index in [9.17, 15) is 0 Å². The molecule has 0 bridgehead atoms. The number of ether oxygens (including phenoxy) is 1. The predicted molar refractivity (Wildman–Crippen MR) is 36.3 cm³/mol. The van der Waals surface area contributed by atoms with Gasteiger partial charge in [0.1, 0.15) is 0 Å². The molecule has 0 aromatic rings. The maximum atomic E-state index is 5.60. The molecule has 0 heterocycles. The minimum Gasteiger partial charge on any atom is -0.479 e. The summed E-state index contributed by atoms with van der Waals surface area (Å²) < 4.78 is 4.78. The van der Waals surface area contributed by atoms with E-state index in [1.165, 1.54) is 6.26 Å². The molecule has 0 aliphatic rings. The Morgan fingerprint density at radius 3 is 2.50 bits per heavy atom. The molecule has 0 amide bonds. The number of alkyl halides is 2. The Bertz CT molecular complexity index is 80.5. The van der Waals surface area contributed by atoms with E-state index in [0.717, 1.165) is 0 Å². The molecule has 1 unspecified atom stereocenters. The van der Waals surface area contributed by atoms with E-state index in [2.05, 4.69) is 6.58 Å². The average molecular weight is 155 g/mol. The highest BCUT2D eigenvalue weighted by Gasteiger charge is 2.17. The standard InChI is InChI=1S/C5H8Cl2O/c1-3-8-5(2,7)4-6/h3H,1,4H2,2H3. The van der Waals surface area contributed by atoms with Gasteiger partial charge in [0.25, 0.3) is 0 Å². The van der Waals surface area contributed by atoms with Crippen LogP contribution in [-0.2, 0) is 4.74 Å². The van der Waals surface area contributed by atoms with Gasteiger partial charge in [0.05, 0.1) is 12.1 Å². The molecule has 0 aliphatic carbocycles. The van der Waals surface area contributed by atoms with Crippen LogP contribution in [0.2, 0.25) is 0 Å². The monoisotopic (exact) mass is 154 g/mol. The largest absolute Gasteiger partial charge is 0.479 e. The molecule has 1 atom stereocenters. The summed E-state index contributed by atoms with van der Waals surface area (Å²) in [6, 6.07) is 0. The zero-order valence-corrected chi connectivity index (χ0v) is 6.17. The second kappa shape index (κ2) is 3.21. The number of hydrogen-bond acceptors (Lipinski definition) is 1. The molecule has 3 heteroatoms. The minimum atomic E-state index is -0.788. The first kappa shape index (κ1) is 8.12. The highest BCUT2D eigenvalue weighted by molar-refractivity contribution is 6.29. The summed E-state index contributed by atoms with van der Waals surface area (Å²) >= 11 is 11.0. The van der Waals surface area contributed by atoms with Crippen molar-refractivity contribution in [1.82, 2.24) is 0 Å². The summed E-state index contributed by atoms with van der Waals surface area (Å²) in [5.41, 5.74) is 0. The number of hydrogen-bond donors (Lipinski definition) is 0. The van der Waals surface area contributed by atoms with Crippen LogP contribution in [-0.4, -0.2) is 10.9 Å². The zero-order valence-electron chi connectivity index (χ0n) is 4.66. The Hall–Kier alpha value is 0.120. The lowest BCUT2D eigenvalue weighted by atomic mass is 10.5. The van der Waals surface area contributed by atoms with Crippen LogP contribution in [0.25, 0.3) is 0 Å². The van der Waals surface area contributed by atoms with Crippen molar-refractivity contribution in [2.24, 2.45) is 0 Å². The van der Waals surface area contributed by atoms with E-state index in [0.29, 0.717) is 0 Å². The quantitative estimate of drug-likeness (QED) is 0.449. The Morgan fingerprint density at radius 1 is 1.88 bits per heavy atom. The van der Waals surface area contributed by atoms with Crippen LogP contribution in [0.4, 0.5) is 0 Å². The Labute approximate surface area is 59.2 Å². The van der Waals surface area contributed by atoms with Gasteiger partial charge in [-0.2, -0.15) is 0 Å². The van der Waals surface area contributed by atoms with Crippen molar-refractivity contribution in [3.63, 3.8) is 0 Å². The van der Waals surface area contributed by atoms with Gasteiger partial charge in [0.15, 0.2) is 5.06 Å². The van der Waals surface area contributed by atoms with Crippen molar-refractivity contribution in [2.75, 3.05) is 5.88 Å². The molecule has 0 aromatic carbocycles. The Balaban J connectivity index is 3.53. The molecular formula is C5H8Cl2O. The predicted octanol–water partition coefficient (Wildman–Crippen LogP) is 2.34. The SMILES string of the molecule is C=COC(C)(Cl)CCl. The maximum absolute atomic E-state index is 5.60. The summed E-state index contributed by atoms with van der Waals surface area (Å²) in [7, 11) is 0. The molecular weight excluding hydrogens is 147 g/mol. The number of halogens is 2. The van der Waals surface area contributed by atoms with Crippen molar-refractivity contribution in [1.29, 1.82) is 0 Å². The van der Waals surface area contributed by atoms with Gasteiger partial charge in [-0.15, -0.1) is 11.6 Å². The van der Waals surface area contributed by atoms with Crippen LogP contribution in [0, 0.1) is 0 Å². The molecule has 0 aromatic heterocycles. The molecule has 48 valence electrons. The van der Waals surface area contributed by atoms with Crippen molar-refractivity contribution < 1.29 is 4.74 Å². The van der Waals surface area contributed by atoms with E-state index >= 15 is 0 Å². The van der Waals surface area contributed by atoms with Gasteiger partial charge < -0.3 is 4.74 Å². The van der Waals surface area contributed by atoms with E-state index in [-0.39, 0.29) is 5.88 Å². The third-order valence-corrected chi connectivity index (χ3v) is 1.44. The molecule has 0 radical (unpaired) electrons. The molecule has 0 rings (SSSR count). The van der Waals surface area contributed by atoms with Crippen molar-refractivity contribution >= 4 is 23.2 Å². The van der Waals surface area contributed by atoms with Gasteiger partial charge in [-0.25, -0.2) is 0 Å². The normalized spacial score (nSPS) is 16.9. The summed E-state index contributed by atoms with van der Waals surface area (Å²) in [4.78, 5) is 0. The summed E-state index contributed by atoms with van der Waals surface area (Å²) in [5, 5.41) is -0.788. The zero-order chi connectivity index (χ0) is 6.62. The molecule has 0 saturated heterocycles. The highest BCUT2D eigenvalue weighted by Crippen LogP contribution is 2.17. The van der Waals surface area contributed by atoms with Crippen LogP contribution < -0.4 is 0 Å². The second-order valence-electron chi connectivity index (χ2n) is 1.52. The molecule has 0 N–H and O–H groups in total. The lowest BCUT2D eigenvalue weighted by Gasteiger charge is -2.16. The van der Waals surface area contributed by atoms with Gasteiger partial charge in [-0.05, 0) is 6.92 Å². The van der Waals surface area contributed by atoms with Gasteiger partial charge in [-0.3, -0.25) is 0 Å². The average Bonchev–Trinajstić information content (AvgIpc) is 1.67. The maximum Gasteiger partial charge on any atom is 0.192 e. The van der Waals surface area contributed by atoms with Crippen molar-refractivity contribution in [3.05, 3.63) is 12.8 Å². The molecule has 1 nitrogen and oxygen atoms in total. The summed E-state index contributed by atoms with van der Waals surface area (Å²) in [6.07, 6.45) is 1.27. The molecule has 0 spiro atoms. The molecule has 0 saturated carbocycles. The number of rotatable bonds is 3. The first-order valence-electron chi connectivity index (χ1n) is 2.16. The van der Waals surface area contributed by atoms with Gasteiger partial charge >= 0.3 is 0 Å². The molecule has 8 heavy (non-hydrogen) atoms. The van der Waals surface area contributed by atoms with Crippen LogP contribution >= 0.6 is 23.2 Å². The fourth-order valence-corrected chi connectivity index (χ4v) is 0.331. The van der Waals surface area contributed by atoms with Crippen LogP contribution in [0.1, 0.15) is 6.92 Å². The topological polar surface area (TPSA) is 9.23 Å².